The average molecular weight is 197 g/mol. The average Bonchev–Trinajstić information content (AvgIpc) is 1.90. The Morgan fingerprint density at radius 3 is 2.11 bits per heavy atom. The van der Waals surface area contributed by atoms with Gasteiger partial charge in [0.1, 0.15) is 0 Å². The van der Waals surface area contributed by atoms with Crippen LogP contribution in [0.2, 0.25) is 0 Å². The second kappa shape index (κ2) is 3.27. The Labute approximate surface area is 57.3 Å². The first-order valence-electron chi connectivity index (χ1n) is 2.91. The van der Waals surface area contributed by atoms with Crippen molar-refractivity contribution in [1.82, 2.24) is 10.6 Å². The molecule has 5 heteroatoms. The van der Waals surface area contributed by atoms with E-state index in [2.05, 4.69) is 10.6 Å². The molecule has 54 valence electrons. The molecule has 1 heterocycles. The number of hydrogen-bond donors (Lipinski definition) is 2. The summed E-state index contributed by atoms with van der Waals surface area (Å²) in [5.74, 6) is 0. The SMILES string of the molecule is O=[SeH](=O)C1NCCCN1. The van der Waals surface area contributed by atoms with Crippen molar-refractivity contribution in [2.75, 3.05) is 13.1 Å². The Morgan fingerprint density at radius 2 is 1.78 bits per heavy atom. The molecule has 0 aromatic carbocycles. The predicted octanol–water partition coefficient (Wildman–Crippen LogP) is -1.48. The van der Waals surface area contributed by atoms with E-state index in [0.29, 0.717) is 0 Å². The van der Waals surface area contributed by atoms with Crippen molar-refractivity contribution in [3.63, 3.8) is 0 Å². The maximum absolute atomic E-state index is 10.3. The first-order chi connectivity index (χ1) is 4.30. The third-order valence-corrected chi connectivity index (χ3v) is 2.89. The second-order valence-electron chi connectivity index (χ2n) is 1.95. The van der Waals surface area contributed by atoms with Crippen LogP contribution in [0.5, 0.6) is 0 Å². The van der Waals surface area contributed by atoms with Crippen LogP contribution < -0.4 is 10.6 Å². The fourth-order valence-electron chi connectivity index (χ4n) is 0.787. The van der Waals surface area contributed by atoms with Crippen LogP contribution in [0.4, 0.5) is 0 Å². The number of hydrogen-bond acceptors (Lipinski definition) is 4. The summed E-state index contributed by atoms with van der Waals surface area (Å²) in [5.41, 5.74) is 0. The topological polar surface area (TPSA) is 58.2 Å². The molecule has 1 saturated heterocycles. The summed E-state index contributed by atoms with van der Waals surface area (Å²) in [6.07, 6.45) is 1.01. The zero-order valence-corrected chi connectivity index (χ0v) is 6.84. The molecule has 0 spiro atoms. The third-order valence-electron chi connectivity index (χ3n) is 1.24. The number of rotatable bonds is 1. The molecule has 0 bridgehead atoms. The normalized spacial score (nSPS) is 22.8. The molecule has 0 radical (unpaired) electrons. The summed E-state index contributed by atoms with van der Waals surface area (Å²) < 4.78 is 20.7. The zero-order chi connectivity index (χ0) is 6.69. The Kier molecular flexibility index (Phi) is 2.60. The molecule has 2 N–H and O–H groups in total. The first kappa shape index (κ1) is 7.15. The van der Waals surface area contributed by atoms with E-state index in [4.69, 9.17) is 0 Å². The minimum atomic E-state index is -3.03. The molecule has 1 aliphatic heterocycles. The van der Waals surface area contributed by atoms with Crippen LogP contribution in [0.3, 0.4) is 0 Å². The molecule has 1 aliphatic rings. The summed E-state index contributed by atoms with van der Waals surface area (Å²) in [6, 6.07) is 0. The molecule has 4 nitrogen and oxygen atoms in total. The van der Waals surface area contributed by atoms with Crippen LogP contribution in [0, 0.1) is 0 Å². The molecule has 0 aromatic rings. The third kappa shape index (κ3) is 2.02. The molecule has 0 saturated carbocycles. The van der Waals surface area contributed by atoms with Crippen molar-refractivity contribution in [1.29, 1.82) is 0 Å². The van der Waals surface area contributed by atoms with E-state index in [0.717, 1.165) is 19.5 Å². The first-order valence-corrected chi connectivity index (χ1v) is 5.52. The van der Waals surface area contributed by atoms with Gasteiger partial charge in [0.25, 0.3) is 0 Å². The van der Waals surface area contributed by atoms with Crippen molar-refractivity contribution in [3.05, 3.63) is 0 Å². The van der Waals surface area contributed by atoms with E-state index < -0.39 is 18.8 Å². The van der Waals surface area contributed by atoms with Gasteiger partial charge in [0, 0.05) is 0 Å². The van der Waals surface area contributed by atoms with Crippen LogP contribution in [0.1, 0.15) is 6.42 Å². The Morgan fingerprint density at radius 1 is 1.22 bits per heavy atom. The fourth-order valence-corrected chi connectivity index (χ4v) is 1.95. The van der Waals surface area contributed by atoms with Gasteiger partial charge in [0.2, 0.25) is 0 Å². The quantitative estimate of drug-likeness (QED) is 0.503. The molecular weight excluding hydrogens is 187 g/mol. The van der Waals surface area contributed by atoms with Crippen molar-refractivity contribution in [2.24, 2.45) is 0 Å². The van der Waals surface area contributed by atoms with Gasteiger partial charge in [-0.1, -0.05) is 0 Å². The minimum absolute atomic E-state index is 0.411. The van der Waals surface area contributed by atoms with Gasteiger partial charge in [-0.3, -0.25) is 0 Å². The standard InChI is InChI=1S/C4H10N2O2Se/c7-9(8)4-5-2-1-3-6-4/h4-6,9H,1-3H2. The molecule has 0 aliphatic carbocycles. The van der Waals surface area contributed by atoms with Crippen molar-refractivity contribution < 1.29 is 7.67 Å². The maximum atomic E-state index is 10.3. The summed E-state index contributed by atoms with van der Waals surface area (Å²) in [6.45, 7) is 1.63. The van der Waals surface area contributed by atoms with E-state index in [1.165, 1.54) is 0 Å². The van der Waals surface area contributed by atoms with Crippen LogP contribution in [-0.2, 0) is 7.67 Å². The molecule has 1 fully saturated rings. The number of nitrogens with one attached hydrogen (secondary N) is 2. The molecule has 0 unspecified atom stereocenters. The van der Waals surface area contributed by atoms with Crippen molar-refractivity contribution in [3.8, 4) is 0 Å². The van der Waals surface area contributed by atoms with Crippen molar-refractivity contribution >= 4 is 13.8 Å². The van der Waals surface area contributed by atoms with Crippen LogP contribution in [0.15, 0.2) is 0 Å². The van der Waals surface area contributed by atoms with Gasteiger partial charge in [-0.2, -0.15) is 0 Å². The van der Waals surface area contributed by atoms with Crippen molar-refractivity contribution in [2.45, 2.75) is 11.5 Å². The van der Waals surface area contributed by atoms with E-state index >= 15 is 0 Å². The summed E-state index contributed by atoms with van der Waals surface area (Å²) in [7, 11) is 0. The van der Waals surface area contributed by atoms with Gasteiger partial charge in [-0.05, 0) is 0 Å². The molecule has 9 heavy (non-hydrogen) atoms. The molecule has 0 aromatic heterocycles. The van der Waals surface area contributed by atoms with E-state index in [1.54, 1.807) is 0 Å². The van der Waals surface area contributed by atoms with Gasteiger partial charge in [-0.25, -0.2) is 0 Å². The van der Waals surface area contributed by atoms with Crippen LogP contribution >= 0.6 is 0 Å². The predicted molar refractivity (Wildman–Crippen MR) is 32.9 cm³/mol. The monoisotopic (exact) mass is 198 g/mol. The van der Waals surface area contributed by atoms with E-state index in [1.807, 2.05) is 0 Å². The fraction of sp³-hybridized carbons (Fsp3) is 1.00. The Bertz CT molecular complexity index is 143. The molecule has 0 atom stereocenters. The molecular formula is C4H10N2O2Se. The zero-order valence-electron chi connectivity index (χ0n) is 4.96. The summed E-state index contributed by atoms with van der Waals surface area (Å²) in [5, 5.41) is 5.28. The van der Waals surface area contributed by atoms with Crippen LogP contribution in [0.25, 0.3) is 0 Å². The van der Waals surface area contributed by atoms with Gasteiger partial charge < -0.3 is 0 Å². The summed E-state index contributed by atoms with van der Waals surface area (Å²) >= 11 is -3.03. The van der Waals surface area contributed by atoms with Gasteiger partial charge >= 0.3 is 56.6 Å². The van der Waals surface area contributed by atoms with Gasteiger partial charge in [0.05, 0.1) is 0 Å². The second-order valence-corrected chi connectivity index (χ2v) is 4.23. The van der Waals surface area contributed by atoms with Gasteiger partial charge in [0.15, 0.2) is 0 Å². The van der Waals surface area contributed by atoms with Crippen LogP contribution in [-0.4, -0.2) is 31.9 Å². The Balaban J connectivity index is 2.40. The van der Waals surface area contributed by atoms with E-state index in [-0.39, 0.29) is 0 Å². The Hall–Kier alpha value is 0.0395. The molecule has 0 amide bonds. The summed E-state index contributed by atoms with van der Waals surface area (Å²) in [4.78, 5) is 0. The van der Waals surface area contributed by atoms with Gasteiger partial charge in [-0.15, -0.1) is 0 Å². The molecule has 1 rings (SSSR count). The van der Waals surface area contributed by atoms with E-state index in [9.17, 15) is 7.67 Å².